The summed E-state index contributed by atoms with van der Waals surface area (Å²) >= 11 is 0. The number of amides is 2. The van der Waals surface area contributed by atoms with Gasteiger partial charge in [-0.15, -0.1) is 0 Å². The maximum Gasteiger partial charge on any atom is 0.329 e. The lowest BCUT2D eigenvalue weighted by atomic mass is 9.73. The SMILES string of the molecule is Cn1c(=O)n(C2CCC(=O)NC2=O)c2cccc(N3CCC4(CC3)CNC4)c21. The van der Waals surface area contributed by atoms with E-state index in [1.165, 1.54) is 0 Å². The fourth-order valence-electron chi connectivity index (χ4n) is 4.96. The van der Waals surface area contributed by atoms with Crippen LogP contribution in [-0.4, -0.2) is 47.1 Å². The van der Waals surface area contributed by atoms with Gasteiger partial charge in [0.1, 0.15) is 6.04 Å². The summed E-state index contributed by atoms with van der Waals surface area (Å²) in [6, 6.07) is 5.27. The van der Waals surface area contributed by atoms with Gasteiger partial charge < -0.3 is 10.2 Å². The van der Waals surface area contributed by atoms with E-state index in [1.54, 1.807) is 16.2 Å². The minimum absolute atomic E-state index is 0.214. The van der Waals surface area contributed by atoms with Crippen LogP contribution in [0, 0.1) is 5.41 Å². The molecule has 1 aromatic carbocycles. The zero-order valence-electron chi connectivity index (χ0n) is 16.0. The number of aryl methyl sites for hydroxylation is 1. The molecule has 1 atom stereocenters. The van der Waals surface area contributed by atoms with Crippen LogP contribution in [0.1, 0.15) is 31.7 Å². The first-order valence-corrected chi connectivity index (χ1v) is 9.98. The van der Waals surface area contributed by atoms with Crippen molar-refractivity contribution >= 4 is 28.5 Å². The summed E-state index contributed by atoms with van der Waals surface area (Å²) in [5, 5.41) is 5.76. The highest BCUT2D eigenvalue weighted by Crippen LogP contribution is 2.38. The number of imide groups is 1. The fraction of sp³-hybridized carbons (Fsp3) is 0.550. The lowest BCUT2D eigenvalue weighted by molar-refractivity contribution is -0.135. The first-order valence-electron chi connectivity index (χ1n) is 9.98. The second-order valence-electron chi connectivity index (χ2n) is 8.41. The summed E-state index contributed by atoms with van der Waals surface area (Å²) in [5.74, 6) is -0.670. The van der Waals surface area contributed by atoms with Crippen molar-refractivity contribution < 1.29 is 9.59 Å². The molecule has 4 heterocycles. The third kappa shape index (κ3) is 2.51. The molecule has 0 bridgehead atoms. The fourth-order valence-corrected chi connectivity index (χ4v) is 4.96. The molecule has 2 N–H and O–H groups in total. The molecule has 0 radical (unpaired) electrons. The maximum atomic E-state index is 13.0. The normalized spacial score (nSPS) is 24.5. The van der Waals surface area contributed by atoms with Crippen molar-refractivity contribution in [1.82, 2.24) is 19.8 Å². The number of fused-ring (bicyclic) bond motifs is 1. The van der Waals surface area contributed by atoms with Crippen LogP contribution >= 0.6 is 0 Å². The van der Waals surface area contributed by atoms with E-state index < -0.39 is 11.9 Å². The van der Waals surface area contributed by atoms with Crippen molar-refractivity contribution in [3.05, 3.63) is 28.7 Å². The quantitative estimate of drug-likeness (QED) is 0.738. The van der Waals surface area contributed by atoms with Gasteiger partial charge in [-0.05, 0) is 36.8 Å². The molecule has 3 fully saturated rings. The van der Waals surface area contributed by atoms with E-state index in [0.717, 1.165) is 55.7 Å². The van der Waals surface area contributed by atoms with E-state index >= 15 is 0 Å². The smallest absolute Gasteiger partial charge is 0.329 e. The molecule has 1 unspecified atom stereocenters. The Morgan fingerprint density at radius 1 is 1.11 bits per heavy atom. The first kappa shape index (κ1) is 17.5. The number of anilines is 1. The Morgan fingerprint density at radius 3 is 2.50 bits per heavy atom. The minimum Gasteiger partial charge on any atom is -0.370 e. The maximum absolute atomic E-state index is 13.0. The molecule has 28 heavy (non-hydrogen) atoms. The molecule has 3 saturated heterocycles. The molecule has 1 spiro atoms. The van der Waals surface area contributed by atoms with Gasteiger partial charge in [-0.1, -0.05) is 6.07 Å². The Labute approximate surface area is 162 Å². The number of piperidine rings is 2. The molecule has 3 aliphatic rings. The number of benzene rings is 1. The molecular weight excluding hydrogens is 358 g/mol. The van der Waals surface area contributed by atoms with Crippen LogP contribution in [0.25, 0.3) is 11.0 Å². The zero-order chi connectivity index (χ0) is 19.5. The highest BCUT2D eigenvalue weighted by atomic mass is 16.2. The summed E-state index contributed by atoms with van der Waals surface area (Å²) in [4.78, 5) is 39.3. The van der Waals surface area contributed by atoms with Gasteiger partial charge in [0.05, 0.1) is 16.7 Å². The van der Waals surface area contributed by atoms with Crippen LogP contribution in [0.3, 0.4) is 0 Å². The zero-order valence-corrected chi connectivity index (χ0v) is 16.0. The standard InChI is InChI=1S/C20H25N5O3/c1-23-17-13(24-9-7-20(8-10-24)11-21-12-20)3-2-4-14(17)25(19(23)28)15-5-6-16(26)22-18(15)27/h2-4,15,21H,5-12H2,1H3,(H,22,26,27). The molecule has 5 rings (SSSR count). The topological polar surface area (TPSA) is 88.4 Å². The molecule has 8 nitrogen and oxygen atoms in total. The molecule has 2 aromatic rings. The molecule has 1 aromatic heterocycles. The van der Waals surface area contributed by atoms with Crippen LogP contribution < -0.4 is 21.2 Å². The molecule has 0 saturated carbocycles. The Kier molecular flexibility index (Phi) is 3.87. The molecule has 0 aliphatic carbocycles. The van der Waals surface area contributed by atoms with E-state index in [0.29, 0.717) is 11.8 Å². The summed E-state index contributed by atoms with van der Waals surface area (Å²) in [7, 11) is 1.76. The third-order valence-electron chi connectivity index (χ3n) is 6.77. The molecule has 3 aliphatic heterocycles. The highest BCUT2D eigenvalue weighted by molar-refractivity contribution is 6.00. The van der Waals surface area contributed by atoms with Gasteiger partial charge in [0.2, 0.25) is 11.8 Å². The summed E-state index contributed by atoms with van der Waals surface area (Å²) in [6.45, 7) is 4.15. The molecule has 8 heteroatoms. The number of carbonyl (C=O) groups is 2. The second-order valence-corrected chi connectivity index (χ2v) is 8.41. The minimum atomic E-state index is -0.644. The van der Waals surface area contributed by atoms with Gasteiger partial charge in [0, 0.05) is 39.6 Å². The van der Waals surface area contributed by atoms with Crippen LogP contribution in [0.5, 0.6) is 0 Å². The van der Waals surface area contributed by atoms with Crippen molar-refractivity contribution in [2.24, 2.45) is 12.5 Å². The predicted octanol–water partition coefficient (Wildman–Crippen LogP) is 0.508. The average Bonchev–Trinajstić information content (AvgIpc) is 2.92. The van der Waals surface area contributed by atoms with Gasteiger partial charge in [0.25, 0.3) is 0 Å². The number of nitrogens with zero attached hydrogens (tertiary/aromatic N) is 3. The van der Waals surface area contributed by atoms with Crippen LogP contribution in [0.4, 0.5) is 5.69 Å². The largest absolute Gasteiger partial charge is 0.370 e. The van der Waals surface area contributed by atoms with E-state index in [4.69, 9.17) is 0 Å². The molecule has 148 valence electrons. The summed E-state index contributed by atoms with van der Waals surface area (Å²) in [6.07, 6.45) is 2.91. The number of carbonyl (C=O) groups excluding carboxylic acids is 2. The van der Waals surface area contributed by atoms with Gasteiger partial charge in [0.15, 0.2) is 0 Å². The number of para-hydroxylation sites is 1. The van der Waals surface area contributed by atoms with E-state index in [-0.39, 0.29) is 18.0 Å². The van der Waals surface area contributed by atoms with Crippen molar-refractivity contribution in [1.29, 1.82) is 0 Å². The number of nitrogens with one attached hydrogen (secondary N) is 2. The first-order chi connectivity index (χ1) is 13.5. The molecule has 2 amide bonds. The Balaban J connectivity index is 1.55. The summed E-state index contributed by atoms with van der Waals surface area (Å²) in [5.41, 5.74) is 2.90. The number of aromatic nitrogens is 2. The van der Waals surface area contributed by atoms with E-state index in [9.17, 15) is 14.4 Å². The highest BCUT2D eigenvalue weighted by Gasteiger charge is 2.40. The number of imidazole rings is 1. The predicted molar refractivity (Wildman–Crippen MR) is 105 cm³/mol. The Bertz CT molecular complexity index is 1020. The van der Waals surface area contributed by atoms with Crippen molar-refractivity contribution in [3.63, 3.8) is 0 Å². The van der Waals surface area contributed by atoms with Crippen molar-refractivity contribution in [3.8, 4) is 0 Å². The number of hydrogen-bond acceptors (Lipinski definition) is 5. The van der Waals surface area contributed by atoms with Crippen LogP contribution in [-0.2, 0) is 16.6 Å². The summed E-state index contributed by atoms with van der Waals surface area (Å²) < 4.78 is 3.20. The average molecular weight is 383 g/mol. The second kappa shape index (κ2) is 6.20. The van der Waals surface area contributed by atoms with Gasteiger partial charge in [-0.3, -0.25) is 24.0 Å². The van der Waals surface area contributed by atoms with Crippen LogP contribution in [0.2, 0.25) is 0 Å². The third-order valence-corrected chi connectivity index (χ3v) is 6.77. The van der Waals surface area contributed by atoms with Gasteiger partial charge >= 0.3 is 5.69 Å². The van der Waals surface area contributed by atoms with Crippen molar-refractivity contribution in [2.75, 3.05) is 31.1 Å². The van der Waals surface area contributed by atoms with E-state index in [1.807, 2.05) is 12.1 Å². The van der Waals surface area contributed by atoms with Gasteiger partial charge in [-0.2, -0.15) is 0 Å². The molecular formula is C20H25N5O3. The number of rotatable bonds is 2. The Morgan fingerprint density at radius 2 is 1.86 bits per heavy atom. The number of hydrogen-bond donors (Lipinski definition) is 2. The monoisotopic (exact) mass is 383 g/mol. The van der Waals surface area contributed by atoms with Crippen molar-refractivity contribution in [2.45, 2.75) is 31.7 Å². The van der Waals surface area contributed by atoms with Gasteiger partial charge in [-0.25, -0.2) is 4.79 Å². The van der Waals surface area contributed by atoms with E-state index in [2.05, 4.69) is 21.6 Å². The lowest BCUT2D eigenvalue weighted by Crippen LogP contribution is -2.58. The lowest BCUT2D eigenvalue weighted by Gasteiger charge is -2.49. The van der Waals surface area contributed by atoms with Crippen LogP contribution in [0.15, 0.2) is 23.0 Å². The Hall–Kier alpha value is -2.61.